The third kappa shape index (κ3) is 3.70. The number of alkyl halides is 3. The molecule has 6 nitrogen and oxygen atoms in total. The second-order valence-corrected chi connectivity index (χ2v) is 7.01. The van der Waals surface area contributed by atoms with Crippen LogP contribution >= 0.6 is 11.3 Å². The van der Waals surface area contributed by atoms with E-state index in [-0.39, 0.29) is 29.6 Å². The van der Waals surface area contributed by atoms with Crippen molar-refractivity contribution in [1.82, 2.24) is 9.88 Å². The topological polar surface area (TPSA) is 70.6 Å². The number of hydrogen-bond acceptors (Lipinski definition) is 5. The molecule has 0 radical (unpaired) electrons. The van der Waals surface area contributed by atoms with Gasteiger partial charge in [0, 0.05) is 13.5 Å². The van der Waals surface area contributed by atoms with Gasteiger partial charge in [-0.3, -0.25) is 9.59 Å². The number of aromatic nitrogens is 1. The summed E-state index contributed by atoms with van der Waals surface area (Å²) in [5.74, 6) is -0.771. The van der Waals surface area contributed by atoms with Gasteiger partial charge >= 0.3 is 12.2 Å². The summed E-state index contributed by atoms with van der Waals surface area (Å²) < 4.78 is 38.5. The largest absolute Gasteiger partial charge is 0.416 e. The lowest BCUT2D eigenvalue weighted by Gasteiger charge is -2.16. The minimum absolute atomic E-state index is 0.0826. The van der Waals surface area contributed by atoms with Gasteiger partial charge in [0.25, 0.3) is 5.91 Å². The number of nitrogens with zero attached hydrogens (tertiary/aromatic N) is 3. The van der Waals surface area contributed by atoms with Crippen molar-refractivity contribution >= 4 is 34.2 Å². The Morgan fingerprint density at radius 1 is 1.30 bits per heavy atom. The number of thiazole rings is 1. The molecule has 0 unspecified atom stereocenters. The van der Waals surface area contributed by atoms with E-state index in [2.05, 4.69) is 4.98 Å². The van der Waals surface area contributed by atoms with Gasteiger partial charge in [0.1, 0.15) is 6.54 Å². The molecule has 1 aliphatic heterocycles. The summed E-state index contributed by atoms with van der Waals surface area (Å²) >= 11 is 0.935. The number of carbonyl (C=O) groups excluding carboxylic acids is 3. The van der Waals surface area contributed by atoms with Crippen molar-refractivity contribution in [2.75, 3.05) is 11.4 Å². The van der Waals surface area contributed by atoms with Crippen LogP contribution in [0.15, 0.2) is 24.3 Å². The summed E-state index contributed by atoms with van der Waals surface area (Å²) in [6.07, 6.45) is -4.49. The Bertz CT molecular complexity index is 939. The van der Waals surface area contributed by atoms with E-state index in [4.69, 9.17) is 0 Å². The van der Waals surface area contributed by atoms with Crippen molar-refractivity contribution in [1.29, 1.82) is 0 Å². The number of halogens is 3. The lowest BCUT2D eigenvalue weighted by Crippen LogP contribution is -2.32. The average Bonchev–Trinajstić information content (AvgIpc) is 3.07. The number of aryl methyl sites for hydroxylation is 1. The number of amides is 3. The van der Waals surface area contributed by atoms with Crippen LogP contribution in [0.1, 0.15) is 33.4 Å². The first-order valence-corrected chi connectivity index (χ1v) is 8.66. The zero-order chi connectivity index (χ0) is 19.9. The lowest BCUT2D eigenvalue weighted by molar-refractivity contribution is -0.137. The Balaban J connectivity index is 1.83. The Morgan fingerprint density at radius 2 is 2.00 bits per heavy atom. The molecule has 3 rings (SSSR count). The first kappa shape index (κ1) is 19.0. The number of benzene rings is 1. The zero-order valence-electron chi connectivity index (χ0n) is 14.3. The molecule has 2 heterocycles. The number of carbonyl (C=O) groups is 3. The third-order valence-corrected chi connectivity index (χ3v) is 5.20. The minimum Gasteiger partial charge on any atom is -0.310 e. The van der Waals surface area contributed by atoms with E-state index in [1.165, 1.54) is 19.1 Å². The molecule has 10 heteroatoms. The maximum Gasteiger partial charge on any atom is 0.416 e. The molecule has 2 aromatic rings. The number of imide groups is 1. The van der Waals surface area contributed by atoms with Gasteiger partial charge in [0.15, 0.2) is 5.78 Å². The van der Waals surface area contributed by atoms with Crippen LogP contribution in [-0.4, -0.2) is 34.2 Å². The Morgan fingerprint density at radius 3 is 2.59 bits per heavy atom. The van der Waals surface area contributed by atoms with Crippen LogP contribution in [0.2, 0.25) is 0 Å². The fourth-order valence-electron chi connectivity index (χ4n) is 2.73. The SMILES string of the molecule is CC(=O)c1sc(N2C(=O)CN(Cc3cccc(C(F)(F)F)c3)C2=O)nc1C. The van der Waals surface area contributed by atoms with Gasteiger partial charge in [-0.15, -0.1) is 0 Å². The molecule has 1 aromatic heterocycles. The summed E-state index contributed by atoms with van der Waals surface area (Å²) in [5, 5.41) is 0.0826. The van der Waals surface area contributed by atoms with Crippen LogP contribution in [0.5, 0.6) is 0 Å². The fourth-order valence-corrected chi connectivity index (χ4v) is 3.71. The second-order valence-electron chi connectivity index (χ2n) is 6.03. The molecule has 0 atom stereocenters. The summed E-state index contributed by atoms with van der Waals surface area (Å²) in [6.45, 7) is 2.54. The molecule has 1 aliphatic rings. The highest BCUT2D eigenvalue weighted by Gasteiger charge is 2.39. The number of hydrogen-bond donors (Lipinski definition) is 0. The monoisotopic (exact) mass is 397 g/mol. The number of Topliss-reactive ketones (excluding diaryl/α,β-unsaturated/α-hetero) is 1. The van der Waals surface area contributed by atoms with Gasteiger partial charge in [0.05, 0.1) is 16.1 Å². The number of urea groups is 1. The van der Waals surface area contributed by atoms with Crippen LogP contribution < -0.4 is 4.90 Å². The smallest absolute Gasteiger partial charge is 0.310 e. The van der Waals surface area contributed by atoms with Crippen LogP contribution in [0.3, 0.4) is 0 Å². The quantitative estimate of drug-likeness (QED) is 0.583. The lowest BCUT2D eigenvalue weighted by atomic mass is 10.1. The van der Waals surface area contributed by atoms with E-state index in [1.807, 2.05) is 0 Å². The maximum absolute atomic E-state index is 12.8. The molecule has 142 valence electrons. The van der Waals surface area contributed by atoms with E-state index in [1.54, 1.807) is 6.92 Å². The zero-order valence-corrected chi connectivity index (χ0v) is 15.1. The van der Waals surface area contributed by atoms with Crippen molar-refractivity contribution in [2.45, 2.75) is 26.6 Å². The number of ketones is 1. The molecule has 0 aliphatic carbocycles. The van der Waals surface area contributed by atoms with Crippen molar-refractivity contribution in [3.05, 3.63) is 46.0 Å². The molecule has 0 bridgehead atoms. The Labute approximate surface area is 156 Å². The first-order valence-electron chi connectivity index (χ1n) is 7.84. The molecule has 1 aromatic carbocycles. The number of rotatable bonds is 4. The fraction of sp³-hybridized carbons (Fsp3) is 0.294. The van der Waals surface area contributed by atoms with Gasteiger partial charge in [-0.25, -0.2) is 14.7 Å². The highest BCUT2D eigenvalue weighted by Crippen LogP contribution is 2.32. The standard InChI is InChI=1S/C17H14F3N3O3S/c1-9-14(10(2)24)27-15(21-9)23-13(25)8-22(16(23)26)7-11-4-3-5-12(6-11)17(18,19)20/h3-6H,7-8H2,1-2H3. The Hall–Kier alpha value is -2.75. The normalized spacial score (nSPS) is 15.0. The van der Waals surface area contributed by atoms with E-state index in [0.29, 0.717) is 10.6 Å². The van der Waals surface area contributed by atoms with E-state index in [9.17, 15) is 27.6 Å². The maximum atomic E-state index is 12.8. The highest BCUT2D eigenvalue weighted by molar-refractivity contribution is 7.18. The summed E-state index contributed by atoms with van der Waals surface area (Å²) in [6, 6.07) is 3.91. The molecule has 0 saturated carbocycles. The van der Waals surface area contributed by atoms with Crippen molar-refractivity contribution < 1.29 is 27.6 Å². The van der Waals surface area contributed by atoms with E-state index >= 15 is 0 Å². The molecular weight excluding hydrogens is 383 g/mol. The predicted molar refractivity (Wildman–Crippen MR) is 91.6 cm³/mol. The van der Waals surface area contributed by atoms with E-state index < -0.39 is 23.7 Å². The molecule has 0 N–H and O–H groups in total. The van der Waals surface area contributed by atoms with Crippen LogP contribution in [0.25, 0.3) is 0 Å². The molecule has 1 fully saturated rings. The molecule has 27 heavy (non-hydrogen) atoms. The summed E-state index contributed by atoms with van der Waals surface area (Å²) in [7, 11) is 0. The first-order chi connectivity index (χ1) is 12.6. The van der Waals surface area contributed by atoms with Crippen LogP contribution in [0.4, 0.5) is 23.1 Å². The highest BCUT2D eigenvalue weighted by atomic mass is 32.1. The average molecular weight is 397 g/mol. The molecular formula is C17H14F3N3O3S. The van der Waals surface area contributed by atoms with Crippen molar-refractivity contribution in [2.24, 2.45) is 0 Å². The number of anilines is 1. The van der Waals surface area contributed by atoms with Gasteiger partial charge in [0.2, 0.25) is 5.13 Å². The predicted octanol–water partition coefficient (Wildman–Crippen LogP) is 3.64. The minimum atomic E-state index is -4.49. The third-order valence-electron chi connectivity index (χ3n) is 3.96. The van der Waals surface area contributed by atoms with Crippen molar-refractivity contribution in [3.8, 4) is 0 Å². The van der Waals surface area contributed by atoms with Crippen LogP contribution in [0, 0.1) is 6.92 Å². The summed E-state index contributed by atoms with van der Waals surface area (Å²) in [4.78, 5) is 42.9. The molecule has 3 amide bonds. The van der Waals surface area contributed by atoms with Gasteiger partial charge in [-0.2, -0.15) is 13.2 Å². The van der Waals surface area contributed by atoms with Gasteiger partial charge in [-0.05, 0) is 24.6 Å². The van der Waals surface area contributed by atoms with E-state index in [0.717, 1.165) is 33.3 Å². The molecule has 0 spiro atoms. The van der Waals surface area contributed by atoms with Gasteiger partial charge < -0.3 is 4.90 Å². The Kier molecular flexibility index (Phi) is 4.77. The van der Waals surface area contributed by atoms with Gasteiger partial charge in [-0.1, -0.05) is 23.5 Å². The van der Waals surface area contributed by atoms with Crippen LogP contribution in [-0.2, 0) is 17.5 Å². The molecule has 1 saturated heterocycles. The summed E-state index contributed by atoms with van der Waals surface area (Å²) in [5.41, 5.74) is -0.150. The van der Waals surface area contributed by atoms with Crippen molar-refractivity contribution in [3.63, 3.8) is 0 Å². The second kappa shape index (κ2) is 6.76.